The smallest absolute Gasteiger partial charge is 0.407 e. The Morgan fingerprint density at radius 2 is 2.08 bits per heavy atom. The zero-order valence-electron chi connectivity index (χ0n) is 21.3. The molecule has 3 fully saturated rings. The van der Waals surface area contributed by atoms with Gasteiger partial charge in [0.2, 0.25) is 10.0 Å². The number of benzene rings is 1. The van der Waals surface area contributed by atoms with Crippen LogP contribution in [0.15, 0.2) is 48.7 Å². The molecule has 0 spiro atoms. The molecule has 1 saturated heterocycles. The van der Waals surface area contributed by atoms with Crippen molar-refractivity contribution in [3.8, 4) is 11.1 Å². The molecule has 2 heterocycles. The van der Waals surface area contributed by atoms with Gasteiger partial charge in [0.15, 0.2) is 0 Å². The minimum Gasteiger partial charge on any atom is -0.450 e. The summed E-state index contributed by atoms with van der Waals surface area (Å²) >= 11 is 0. The summed E-state index contributed by atoms with van der Waals surface area (Å²) in [5.74, 6) is -0.185. The van der Waals surface area contributed by atoms with Gasteiger partial charge in [0.1, 0.15) is 11.1 Å². The third-order valence-corrected chi connectivity index (χ3v) is 10.2. The summed E-state index contributed by atoms with van der Waals surface area (Å²) in [7, 11) is -3.63. The molecule has 10 heteroatoms. The molecule has 3 aliphatic rings. The fourth-order valence-electron chi connectivity index (χ4n) is 6.75. The number of nitrogens with one attached hydrogen (secondary N) is 2. The number of nitrogens with zero attached hydrogens (tertiary/aromatic N) is 1. The number of aliphatic hydroxyl groups excluding tert-OH is 1. The standard InChI is InChI=1S/C28H34FN3O5S/c1-2-37-28(34)31-22-9-10-23-19(13-22)14-25-27(26(16-33)38(35,36)32-25)24(23)11-8-21-7-6-18(15-30-21)17-4-3-5-20(29)12-17/h3-8,11-12,15,19,22-27,32-33H,2,9-10,13-14,16H2,1H3,(H,31,34)/t19-,22+,23+,24-,25+,26+,27-/m0/s1. The number of aromatic nitrogens is 1. The largest absolute Gasteiger partial charge is 0.450 e. The average molecular weight is 544 g/mol. The molecule has 5 rings (SSSR count). The van der Waals surface area contributed by atoms with E-state index in [-0.39, 0.29) is 41.6 Å². The lowest BCUT2D eigenvalue weighted by atomic mass is 9.58. The Morgan fingerprint density at radius 1 is 1.24 bits per heavy atom. The van der Waals surface area contributed by atoms with Crippen LogP contribution in [-0.2, 0) is 14.8 Å². The summed E-state index contributed by atoms with van der Waals surface area (Å²) in [6, 6.07) is 9.82. The van der Waals surface area contributed by atoms with E-state index in [9.17, 15) is 22.7 Å². The second kappa shape index (κ2) is 11.1. The number of carbonyl (C=O) groups excluding carboxylic acids is 1. The molecule has 1 aliphatic heterocycles. The number of hydrogen-bond acceptors (Lipinski definition) is 6. The number of hydrogen-bond donors (Lipinski definition) is 3. The molecular formula is C28H34FN3O5S. The number of fused-ring (bicyclic) bond motifs is 2. The highest BCUT2D eigenvalue weighted by atomic mass is 32.2. The van der Waals surface area contributed by atoms with Crippen LogP contribution in [0.2, 0.25) is 0 Å². The highest BCUT2D eigenvalue weighted by Crippen LogP contribution is 2.51. The van der Waals surface area contributed by atoms with Crippen LogP contribution in [0.3, 0.4) is 0 Å². The van der Waals surface area contributed by atoms with Crippen molar-refractivity contribution >= 4 is 22.2 Å². The van der Waals surface area contributed by atoms with Gasteiger partial charge in [0.05, 0.1) is 18.9 Å². The van der Waals surface area contributed by atoms with Gasteiger partial charge in [-0.2, -0.15) is 0 Å². The molecule has 0 unspecified atom stereocenters. The van der Waals surface area contributed by atoms with Gasteiger partial charge in [-0.1, -0.05) is 24.3 Å². The Hall–Kier alpha value is -2.82. The molecule has 2 saturated carbocycles. The number of rotatable bonds is 6. The molecule has 204 valence electrons. The third-order valence-electron chi connectivity index (χ3n) is 8.36. The van der Waals surface area contributed by atoms with Crippen LogP contribution in [0, 0.1) is 29.5 Å². The van der Waals surface area contributed by atoms with E-state index in [0.29, 0.717) is 13.0 Å². The van der Waals surface area contributed by atoms with Gasteiger partial charge >= 0.3 is 6.09 Å². The van der Waals surface area contributed by atoms with Gasteiger partial charge in [-0.15, -0.1) is 0 Å². The Bertz CT molecular complexity index is 1290. The third kappa shape index (κ3) is 5.48. The summed E-state index contributed by atoms with van der Waals surface area (Å²) in [6.45, 7) is 1.65. The lowest BCUT2D eigenvalue weighted by molar-refractivity contribution is 0.0466. The van der Waals surface area contributed by atoms with Gasteiger partial charge in [-0.05, 0) is 80.2 Å². The number of pyridine rings is 1. The number of aliphatic hydroxyl groups is 1. The summed E-state index contributed by atoms with van der Waals surface area (Å²) in [5, 5.41) is 12.1. The van der Waals surface area contributed by atoms with Crippen molar-refractivity contribution in [2.75, 3.05) is 13.2 Å². The van der Waals surface area contributed by atoms with E-state index in [2.05, 4.69) is 21.1 Å². The monoisotopic (exact) mass is 543 g/mol. The number of halogens is 1. The fourth-order valence-corrected chi connectivity index (χ4v) is 8.59. The number of allylic oxidation sites excluding steroid dienone is 1. The first-order chi connectivity index (χ1) is 18.3. The normalized spacial score (nSPS) is 31.9. The van der Waals surface area contributed by atoms with Crippen LogP contribution in [0.4, 0.5) is 9.18 Å². The van der Waals surface area contributed by atoms with E-state index < -0.39 is 28.0 Å². The summed E-state index contributed by atoms with van der Waals surface area (Å²) in [5.41, 5.74) is 2.27. The second-order valence-corrected chi connectivity index (χ2v) is 12.5. The van der Waals surface area contributed by atoms with Crippen molar-refractivity contribution in [2.45, 2.75) is 49.9 Å². The molecule has 1 amide bonds. The fraction of sp³-hybridized carbons (Fsp3) is 0.500. The number of amides is 1. The van der Waals surface area contributed by atoms with Crippen molar-refractivity contribution in [2.24, 2.45) is 23.7 Å². The highest BCUT2D eigenvalue weighted by Gasteiger charge is 2.56. The molecule has 38 heavy (non-hydrogen) atoms. The molecular weight excluding hydrogens is 509 g/mol. The number of alkyl carbamates (subject to hydrolysis) is 1. The van der Waals surface area contributed by atoms with E-state index in [1.807, 2.05) is 24.3 Å². The minimum absolute atomic E-state index is 0.0137. The topological polar surface area (TPSA) is 118 Å². The van der Waals surface area contributed by atoms with E-state index in [1.54, 1.807) is 19.2 Å². The Kier molecular flexibility index (Phi) is 7.83. The van der Waals surface area contributed by atoms with Crippen LogP contribution < -0.4 is 10.0 Å². The molecule has 1 aromatic heterocycles. The van der Waals surface area contributed by atoms with Gasteiger partial charge < -0.3 is 15.2 Å². The minimum atomic E-state index is -3.63. The maximum absolute atomic E-state index is 13.6. The van der Waals surface area contributed by atoms with Gasteiger partial charge in [-0.3, -0.25) is 4.98 Å². The predicted octanol–water partition coefficient (Wildman–Crippen LogP) is 3.73. The van der Waals surface area contributed by atoms with Gasteiger partial charge in [0.25, 0.3) is 0 Å². The molecule has 0 radical (unpaired) electrons. The van der Waals surface area contributed by atoms with Crippen molar-refractivity contribution in [3.63, 3.8) is 0 Å². The highest BCUT2D eigenvalue weighted by molar-refractivity contribution is 7.90. The Morgan fingerprint density at radius 3 is 2.79 bits per heavy atom. The van der Waals surface area contributed by atoms with Crippen molar-refractivity contribution < 1.29 is 27.4 Å². The molecule has 0 bridgehead atoms. The predicted molar refractivity (Wildman–Crippen MR) is 142 cm³/mol. The molecule has 7 atom stereocenters. The van der Waals surface area contributed by atoms with Crippen molar-refractivity contribution in [1.82, 2.24) is 15.0 Å². The summed E-state index contributed by atoms with van der Waals surface area (Å²) in [4.78, 5) is 16.5. The van der Waals surface area contributed by atoms with Crippen LogP contribution >= 0.6 is 0 Å². The quantitative estimate of drug-likeness (QED) is 0.511. The van der Waals surface area contributed by atoms with E-state index in [1.165, 1.54) is 12.1 Å². The zero-order chi connectivity index (χ0) is 26.9. The second-order valence-electron chi connectivity index (χ2n) is 10.5. The number of sulfonamides is 1. The van der Waals surface area contributed by atoms with Gasteiger partial charge in [0, 0.05) is 29.8 Å². The lowest BCUT2D eigenvalue weighted by Gasteiger charge is -2.48. The molecule has 8 nitrogen and oxygen atoms in total. The Balaban J connectivity index is 1.38. The Labute approximate surface area is 222 Å². The number of carbonyl (C=O) groups is 1. The van der Waals surface area contributed by atoms with Crippen molar-refractivity contribution in [1.29, 1.82) is 0 Å². The zero-order valence-corrected chi connectivity index (χ0v) is 22.1. The van der Waals surface area contributed by atoms with Crippen LogP contribution in [0.25, 0.3) is 17.2 Å². The molecule has 2 aliphatic carbocycles. The molecule has 3 N–H and O–H groups in total. The molecule has 2 aromatic rings. The summed E-state index contributed by atoms with van der Waals surface area (Å²) < 4.78 is 47.2. The first kappa shape index (κ1) is 26.8. The summed E-state index contributed by atoms with van der Waals surface area (Å²) in [6.07, 6.45) is 8.31. The maximum Gasteiger partial charge on any atom is 0.407 e. The SMILES string of the molecule is CCOC(=O)N[C@@H]1CC[C@@H]2[C@@H](C1)C[C@H]1NS(=O)(=O)[C@H](CO)[C@H]1[C@H]2C=Cc1ccc(-c2cccc(F)c2)cn1. The van der Waals surface area contributed by atoms with Crippen LogP contribution in [0.5, 0.6) is 0 Å². The first-order valence-corrected chi connectivity index (χ1v) is 14.8. The van der Waals surface area contributed by atoms with E-state index >= 15 is 0 Å². The lowest BCUT2D eigenvalue weighted by Crippen LogP contribution is -2.51. The average Bonchev–Trinajstić information content (AvgIpc) is 3.15. The number of ether oxygens (including phenoxy) is 1. The van der Waals surface area contributed by atoms with E-state index in [0.717, 1.165) is 36.1 Å². The molecule has 1 aromatic carbocycles. The van der Waals surface area contributed by atoms with E-state index in [4.69, 9.17) is 4.74 Å². The van der Waals surface area contributed by atoms with Crippen molar-refractivity contribution in [3.05, 3.63) is 60.2 Å². The van der Waals surface area contributed by atoms with Gasteiger partial charge in [-0.25, -0.2) is 22.3 Å². The maximum atomic E-state index is 13.6. The van der Waals surface area contributed by atoms with Crippen LogP contribution in [-0.4, -0.2) is 55.1 Å². The first-order valence-electron chi connectivity index (χ1n) is 13.2. The van der Waals surface area contributed by atoms with Crippen LogP contribution in [0.1, 0.15) is 38.3 Å².